The van der Waals surface area contributed by atoms with Crippen LogP contribution in [0.1, 0.15) is 38.4 Å². The van der Waals surface area contributed by atoms with Gasteiger partial charge in [-0.15, -0.1) is 0 Å². The second-order valence-electron chi connectivity index (χ2n) is 7.92. The number of hydrogen-bond acceptors (Lipinski definition) is 5. The van der Waals surface area contributed by atoms with Gasteiger partial charge in [0.25, 0.3) is 0 Å². The lowest BCUT2D eigenvalue weighted by Crippen LogP contribution is -2.10. The zero-order valence-electron chi connectivity index (χ0n) is 18.7. The fourth-order valence-electron chi connectivity index (χ4n) is 4.01. The molecule has 6 heteroatoms. The number of benzene rings is 2. The van der Waals surface area contributed by atoms with Crippen molar-refractivity contribution in [2.24, 2.45) is 0 Å². The van der Waals surface area contributed by atoms with Gasteiger partial charge in [-0.05, 0) is 62.9 Å². The number of fused-ring (bicyclic) bond motifs is 1. The van der Waals surface area contributed by atoms with Crippen LogP contribution in [0.25, 0.3) is 16.8 Å². The third kappa shape index (κ3) is 3.65. The number of ether oxygens (including phenoxy) is 1. The number of hydrogen-bond donors (Lipinski definition) is 1. The fourth-order valence-corrected chi connectivity index (χ4v) is 4.01. The lowest BCUT2D eigenvalue weighted by atomic mass is 9.96. The van der Waals surface area contributed by atoms with Gasteiger partial charge in [0.2, 0.25) is 0 Å². The summed E-state index contributed by atoms with van der Waals surface area (Å²) >= 11 is 0. The molecule has 0 fully saturated rings. The largest absolute Gasteiger partial charge is 0.464 e. The first-order valence-corrected chi connectivity index (χ1v) is 10.2. The van der Waals surface area contributed by atoms with E-state index in [4.69, 9.17) is 9.84 Å². The van der Waals surface area contributed by atoms with Crippen LogP contribution in [-0.2, 0) is 4.74 Å². The van der Waals surface area contributed by atoms with Gasteiger partial charge in [-0.3, -0.25) is 0 Å². The Labute approximate surface area is 181 Å². The molecule has 0 aliphatic carbocycles. The fraction of sp³-hybridized carbons (Fsp3) is 0.240. The summed E-state index contributed by atoms with van der Waals surface area (Å²) in [5, 5.41) is 8.22. The van der Waals surface area contributed by atoms with Crippen LogP contribution < -0.4 is 5.32 Å². The second kappa shape index (κ2) is 7.87. The Morgan fingerprint density at radius 3 is 2.29 bits per heavy atom. The minimum absolute atomic E-state index is 0.231. The van der Waals surface area contributed by atoms with Crippen LogP contribution in [0.2, 0.25) is 0 Å². The number of aryl methyl sites for hydroxylation is 5. The molecule has 6 nitrogen and oxygen atoms in total. The minimum atomic E-state index is -0.488. The van der Waals surface area contributed by atoms with Crippen LogP contribution in [-0.4, -0.2) is 27.7 Å². The molecule has 0 radical (unpaired) electrons. The maximum absolute atomic E-state index is 12.4. The molecule has 0 saturated heterocycles. The maximum atomic E-state index is 12.4. The van der Waals surface area contributed by atoms with Gasteiger partial charge in [-0.2, -0.15) is 9.61 Å². The standard InChI is InChI=1S/C25H26N4O2/c1-14-10-11-19(17(4)12-14)26-21-13-20(25(30)31-6)27-24-23(18(5)28-29(21)24)22-15(2)8-7-9-16(22)3/h7-13,26H,1-6H3. The Balaban J connectivity index is 2.00. The zero-order chi connectivity index (χ0) is 22.3. The summed E-state index contributed by atoms with van der Waals surface area (Å²) in [6.45, 7) is 10.2. The summed E-state index contributed by atoms with van der Waals surface area (Å²) in [5.41, 5.74) is 9.19. The number of methoxy groups -OCH3 is 1. The van der Waals surface area contributed by atoms with Crippen molar-refractivity contribution in [1.29, 1.82) is 0 Å². The highest BCUT2D eigenvalue weighted by molar-refractivity contribution is 5.92. The normalized spacial score (nSPS) is 11.0. The Morgan fingerprint density at radius 2 is 1.65 bits per heavy atom. The second-order valence-corrected chi connectivity index (χ2v) is 7.92. The molecule has 1 N–H and O–H groups in total. The lowest BCUT2D eigenvalue weighted by molar-refractivity contribution is 0.0594. The minimum Gasteiger partial charge on any atom is -0.464 e. The topological polar surface area (TPSA) is 68.5 Å². The smallest absolute Gasteiger partial charge is 0.356 e. The number of carbonyl (C=O) groups is 1. The van der Waals surface area contributed by atoms with Crippen molar-refractivity contribution in [3.8, 4) is 11.1 Å². The van der Waals surface area contributed by atoms with Gasteiger partial charge in [-0.25, -0.2) is 9.78 Å². The Kier molecular flexibility index (Phi) is 5.23. The molecule has 0 unspecified atom stereocenters. The Bertz CT molecular complexity index is 1300. The molecule has 0 aliphatic heterocycles. The third-order valence-corrected chi connectivity index (χ3v) is 5.53. The third-order valence-electron chi connectivity index (χ3n) is 5.53. The molecule has 4 rings (SSSR count). The quantitative estimate of drug-likeness (QED) is 0.449. The van der Waals surface area contributed by atoms with Crippen molar-refractivity contribution in [3.63, 3.8) is 0 Å². The lowest BCUT2D eigenvalue weighted by Gasteiger charge is -2.13. The molecule has 158 valence electrons. The average Bonchev–Trinajstić information content (AvgIpc) is 3.05. The average molecular weight is 415 g/mol. The Hall–Kier alpha value is -3.67. The van der Waals surface area contributed by atoms with E-state index in [-0.39, 0.29) is 5.69 Å². The molecule has 0 atom stereocenters. The van der Waals surface area contributed by atoms with Crippen LogP contribution in [0.5, 0.6) is 0 Å². The summed E-state index contributed by atoms with van der Waals surface area (Å²) < 4.78 is 6.74. The van der Waals surface area contributed by atoms with Gasteiger partial charge in [0.05, 0.1) is 18.4 Å². The summed E-state index contributed by atoms with van der Waals surface area (Å²) in [6, 6.07) is 14.0. The first-order chi connectivity index (χ1) is 14.8. The number of carbonyl (C=O) groups excluding carboxylic acids is 1. The van der Waals surface area contributed by atoms with Gasteiger partial charge < -0.3 is 10.1 Å². The highest BCUT2D eigenvalue weighted by atomic mass is 16.5. The summed E-state index contributed by atoms with van der Waals surface area (Å²) in [7, 11) is 1.36. The molecule has 4 aromatic rings. The molecule has 2 aromatic carbocycles. The van der Waals surface area contributed by atoms with Gasteiger partial charge in [0.1, 0.15) is 5.82 Å². The first kappa shape index (κ1) is 20.6. The summed E-state index contributed by atoms with van der Waals surface area (Å²) in [6.07, 6.45) is 0. The van der Waals surface area contributed by atoms with Gasteiger partial charge in [0, 0.05) is 11.8 Å². The molecule has 0 aliphatic rings. The van der Waals surface area contributed by atoms with E-state index in [9.17, 15) is 4.79 Å². The first-order valence-electron chi connectivity index (χ1n) is 10.2. The highest BCUT2D eigenvalue weighted by Crippen LogP contribution is 2.34. The number of aromatic nitrogens is 3. The van der Waals surface area contributed by atoms with Crippen LogP contribution in [0.15, 0.2) is 42.5 Å². The zero-order valence-corrected chi connectivity index (χ0v) is 18.7. The SMILES string of the molecule is COC(=O)c1cc(Nc2ccc(C)cc2C)n2nc(C)c(-c3c(C)cccc3C)c2n1. The van der Waals surface area contributed by atoms with Gasteiger partial charge in [0.15, 0.2) is 11.3 Å². The van der Waals surface area contributed by atoms with E-state index in [0.29, 0.717) is 11.5 Å². The number of anilines is 2. The Morgan fingerprint density at radius 1 is 0.935 bits per heavy atom. The van der Waals surface area contributed by atoms with Crippen molar-refractivity contribution < 1.29 is 9.53 Å². The monoisotopic (exact) mass is 414 g/mol. The molecule has 0 saturated carbocycles. The van der Waals surface area contributed by atoms with E-state index in [2.05, 4.69) is 49.3 Å². The number of esters is 1. The van der Waals surface area contributed by atoms with Gasteiger partial charge >= 0.3 is 5.97 Å². The van der Waals surface area contributed by atoms with Crippen LogP contribution in [0.4, 0.5) is 11.5 Å². The van der Waals surface area contributed by atoms with Crippen molar-refractivity contribution >= 4 is 23.1 Å². The van der Waals surface area contributed by atoms with E-state index in [0.717, 1.165) is 39.2 Å². The van der Waals surface area contributed by atoms with E-state index in [1.807, 2.05) is 32.0 Å². The summed E-state index contributed by atoms with van der Waals surface area (Å²) in [5.74, 6) is 0.162. The van der Waals surface area contributed by atoms with Crippen molar-refractivity contribution in [3.05, 3.63) is 76.1 Å². The van der Waals surface area contributed by atoms with E-state index in [1.54, 1.807) is 10.6 Å². The molecule has 2 heterocycles. The molecule has 0 amide bonds. The van der Waals surface area contributed by atoms with Crippen LogP contribution in [0, 0.1) is 34.6 Å². The summed E-state index contributed by atoms with van der Waals surface area (Å²) in [4.78, 5) is 17.1. The number of nitrogens with zero attached hydrogens (tertiary/aromatic N) is 3. The molecule has 0 spiro atoms. The van der Waals surface area contributed by atoms with Crippen molar-refractivity contribution in [2.45, 2.75) is 34.6 Å². The van der Waals surface area contributed by atoms with Crippen LogP contribution in [0.3, 0.4) is 0 Å². The number of rotatable bonds is 4. The highest BCUT2D eigenvalue weighted by Gasteiger charge is 2.22. The number of nitrogens with one attached hydrogen (secondary N) is 1. The van der Waals surface area contributed by atoms with Crippen LogP contribution >= 0.6 is 0 Å². The molecule has 2 aromatic heterocycles. The van der Waals surface area contributed by atoms with Crippen molar-refractivity contribution in [2.75, 3.05) is 12.4 Å². The molecular weight excluding hydrogens is 388 g/mol. The maximum Gasteiger partial charge on any atom is 0.356 e. The van der Waals surface area contributed by atoms with Crippen molar-refractivity contribution in [1.82, 2.24) is 14.6 Å². The molecular formula is C25H26N4O2. The molecule has 0 bridgehead atoms. The van der Waals surface area contributed by atoms with Gasteiger partial charge in [-0.1, -0.05) is 35.9 Å². The van der Waals surface area contributed by atoms with E-state index in [1.165, 1.54) is 12.7 Å². The predicted molar refractivity (Wildman–Crippen MR) is 123 cm³/mol. The predicted octanol–water partition coefficient (Wildman–Crippen LogP) is 5.47. The van der Waals surface area contributed by atoms with E-state index < -0.39 is 5.97 Å². The van der Waals surface area contributed by atoms with E-state index >= 15 is 0 Å². The molecule has 31 heavy (non-hydrogen) atoms.